The van der Waals surface area contributed by atoms with E-state index in [1.165, 1.54) is 11.3 Å². The van der Waals surface area contributed by atoms with Crippen LogP contribution in [-0.4, -0.2) is 10.2 Å². The van der Waals surface area contributed by atoms with Gasteiger partial charge in [-0.2, -0.15) is 0 Å². The molecule has 1 heterocycles. The Morgan fingerprint density at radius 2 is 2.25 bits per heavy atom. The molecule has 2 rings (SSSR count). The molecule has 0 aliphatic carbocycles. The number of anilines is 1. The molecule has 0 amide bonds. The van der Waals surface area contributed by atoms with Crippen LogP contribution in [0.5, 0.6) is 5.75 Å². The molecular weight excluding hydrogens is 246 g/mol. The largest absolute Gasteiger partial charge is 0.485 e. The zero-order valence-electron chi connectivity index (χ0n) is 8.61. The summed E-state index contributed by atoms with van der Waals surface area (Å²) in [7, 11) is 0. The summed E-state index contributed by atoms with van der Waals surface area (Å²) >= 11 is 7.32. The van der Waals surface area contributed by atoms with Gasteiger partial charge in [-0.15, -0.1) is 10.2 Å². The zero-order valence-corrected chi connectivity index (χ0v) is 10.2. The molecular formula is C10H10ClN3OS. The fourth-order valence-electron chi connectivity index (χ4n) is 1.19. The van der Waals surface area contributed by atoms with E-state index in [-0.39, 0.29) is 0 Å². The zero-order chi connectivity index (χ0) is 11.5. The molecule has 0 saturated carbocycles. The van der Waals surface area contributed by atoms with E-state index in [1.54, 1.807) is 0 Å². The van der Waals surface area contributed by atoms with Gasteiger partial charge in [-0.25, -0.2) is 0 Å². The summed E-state index contributed by atoms with van der Waals surface area (Å²) in [4.78, 5) is 0. The standard InChI is InChI=1S/C10H10ClN3OS/c1-6-2-3-8(7(11)4-6)15-5-9-13-14-10(12)16-9/h2-4H,5H2,1H3,(H2,12,14). The van der Waals surface area contributed by atoms with Crippen LogP contribution in [0.2, 0.25) is 5.02 Å². The molecule has 0 bridgehead atoms. The summed E-state index contributed by atoms with van der Waals surface area (Å²) < 4.78 is 5.51. The molecule has 0 saturated heterocycles. The number of nitrogens with zero attached hydrogens (tertiary/aromatic N) is 2. The molecule has 1 aromatic heterocycles. The average molecular weight is 256 g/mol. The third-order valence-electron chi connectivity index (χ3n) is 1.92. The molecule has 0 aliphatic rings. The Morgan fingerprint density at radius 1 is 1.44 bits per heavy atom. The van der Waals surface area contributed by atoms with Crippen molar-refractivity contribution in [3.63, 3.8) is 0 Å². The first kappa shape index (κ1) is 11.2. The first-order valence-corrected chi connectivity index (χ1v) is 5.81. The Balaban J connectivity index is 2.04. The van der Waals surface area contributed by atoms with Gasteiger partial charge in [-0.1, -0.05) is 29.0 Å². The number of nitrogens with two attached hydrogens (primary N) is 1. The van der Waals surface area contributed by atoms with Gasteiger partial charge in [0.15, 0.2) is 5.01 Å². The van der Waals surface area contributed by atoms with Crippen molar-refractivity contribution in [2.45, 2.75) is 13.5 Å². The monoisotopic (exact) mass is 255 g/mol. The summed E-state index contributed by atoms with van der Waals surface area (Å²) in [6.45, 7) is 2.30. The number of aryl methyl sites for hydroxylation is 1. The number of ether oxygens (including phenoxy) is 1. The van der Waals surface area contributed by atoms with Crippen molar-refractivity contribution in [3.05, 3.63) is 33.8 Å². The molecule has 0 fully saturated rings. The highest BCUT2D eigenvalue weighted by Gasteiger charge is 2.05. The van der Waals surface area contributed by atoms with E-state index in [0.29, 0.717) is 22.5 Å². The molecule has 0 radical (unpaired) electrons. The lowest BCUT2D eigenvalue weighted by molar-refractivity contribution is 0.304. The van der Waals surface area contributed by atoms with Gasteiger partial charge in [0.2, 0.25) is 5.13 Å². The molecule has 0 unspecified atom stereocenters. The molecule has 2 N–H and O–H groups in total. The second kappa shape index (κ2) is 4.67. The SMILES string of the molecule is Cc1ccc(OCc2nnc(N)s2)c(Cl)c1. The minimum Gasteiger partial charge on any atom is -0.485 e. The maximum Gasteiger partial charge on any atom is 0.203 e. The first-order valence-electron chi connectivity index (χ1n) is 4.62. The molecule has 16 heavy (non-hydrogen) atoms. The maximum absolute atomic E-state index is 6.02. The van der Waals surface area contributed by atoms with Crippen LogP contribution in [0.15, 0.2) is 18.2 Å². The van der Waals surface area contributed by atoms with Crippen molar-refractivity contribution in [1.29, 1.82) is 0 Å². The highest BCUT2D eigenvalue weighted by molar-refractivity contribution is 7.15. The summed E-state index contributed by atoms with van der Waals surface area (Å²) in [5.74, 6) is 0.640. The molecule has 6 heteroatoms. The van der Waals surface area contributed by atoms with Crippen molar-refractivity contribution < 1.29 is 4.74 Å². The lowest BCUT2D eigenvalue weighted by Gasteiger charge is -2.06. The van der Waals surface area contributed by atoms with E-state index in [1.807, 2.05) is 25.1 Å². The van der Waals surface area contributed by atoms with Gasteiger partial charge in [0, 0.05) is 0 Å². The molecule has 0 aliphatic heterocycles. The Hall–Kier alpha value is -1.33. The van der Waals surface area contributed by atoms with E-state index in [0.717, 1.165) is 10.6 Å². The van der Waals surface area contributed by atoms with Gasteiger partial charge >= 0.3 is 0 Å². The fourth-order valence-corrected chi connectivity index (χ4v) is 2.00. The predicted molar refractivity (Wildman–Crippen MR) is 64.8 cm³/mol. The van der Waals surface area contributed by atoms with Gasteiger partial charge in [0.25, 0.3) is 0 Å². The van der Waals surface area contributed by atoms with Crippen molar-refractivity contribution in [1.82, 2.24) is 10.2 Å². The van der Waals surface area contributed by atoms with Crippen LogP contribution in [-0.2, 0) is 6.61 Å². The van der Waals surface area contributed by atoms with Crippen LogP contribution in [0.25, 0.3) is 0 Å². The molecule has 1 aromatic carbocycles. The van der Waals surface area contributed by atoms with Crippen molar-refractivity contribution >= 4 is 28.1 Å². The van der Waals surface area contributed by atoms with Crippen LogP contribution in [0.3, 0.4) is 0 Å². The minimum absolute atomic E-state index is 0.331. The van der Waals surface area contributed by atoms with Crippen molar-refractivity contribution in [3.8, 4) is 5.75 Å². The van der Waals surface area contributed by atoms with Crippen LogP contribution in [0.4, 0.5) is 5.13 Å². The summed E-state index contributed by atoms with van der Waals surface area (Å²) in [5.41, 5.74) is 6.56. The summed E-state index contributed by atoms with van der Waals surface area (Å²) in [6.07, 6.45) is 0. The smallest absolute Gasteiger partial charge is 0.203 e. The van der Waals surface area contributed by atoms with E-state index < -0.39 is 0 Å². The number of rotatable bonds is 3. The molecule has 4 nitrogen and oxygen atoms in total. The summed E-state index contributed by atoms with van der Waals surface area (Å²) in [6, 6.07) is 5.63. The van der Waals surface area contributed by atoms with E-state index in [9.17, 15) is 0 Å². The predicted octanol–water partition coefficient (Wildman–Crippen LogP) is 2.66. The van der Waals surface area contributed by atoms with Gasteiger partial charge < -0.3 is 10.5 Å². The lowest BCUT2D eigenvalue weighted by Crippen LogP contribution is -1.95. The van der Waals surface area contributed by atoms with E-state index in [4.69, 9.17) is 22.1 Å². The van der Waals surface area contributed by atoms with Crippen LogP contribution < -0.4 is 10.5 Å². The van der Waals surface area contributed by atoms with Gasteiger partial charge in [-0.3, -0.25) is 0 Å². The number of halogens is 1. The maximum atomic E-state index is 6.02. The number of benzene rings is 1. The Labute approximate surface area is 102 Å². The van der Waals surface area contributed by atoms with Crippen LogP contribution in [0, 0.1) is 6.92 Å². The number of hydrogen-bond donors (Lipinski definition) is 1. The second-order valence-corrected chi connectivity index (χ2v) is 4.76. The third-order valence-corrected chi connectivity index (χ3v) is 2.94. The highest BCUT2D eigenvalue weighted by Crippen LogP contribution is 2.26. The van der Waals surface area contributed by atoms with Crippen LogP contribution in [0.1, 0.15) is 10.6 Å². The fraction of sp³-hybridized carbons (Fsp3) is 0.200. The van der Waals surface area contributed by atoms with Crippen LogP contribution >= 0.6 is 22.9 Å². The van der Waals surface area contributed by atoms with Gasteiger partial charge in [0.05, 0.1) is 5.02 Å². The lowest BCUT2D eigenvalue weighted by atomic mass is 10.2. The van der Waals surface area contributed by atoms with E-state index >= 15 is 0 Å². The second-order valence-electron chi connectivity index (χ2n) is 3.26. The molecule has 2 aromatic rings. The quantitative estimate of drug-likeness (QED) is 0.916. The Kier molecular flexibility index (Phi) is 3.26. The number of aromatic nitrogens is 2. The average Bonchev–Trinajstić information content (AvgIpc) is 2.63. The Morgan fingerprint density at radius 3 is 2.88 bits per heavy atom. The number of hydrogen-bond acceptors (Lipinski definition) is 5. The first-order chi connectivity index (χ1) is 7.65. The summed E-state index contributed by atoms with van der Waals surface area (Å²) in [5, 5.41) is 9.32. The topological polar surface area (TPSA) is 61.0 Å². The van der Waals surface area contributed by atoms with Gasteiger partial charge in [0.1, 0.15) is 12.4 Å². The molecule has 0 spiro atoms. The molecule has 84 valence electrons. The Bertz CT molecular complexity index is 501. The van der Waals surface area contributed by atoms with Gasteiger partial charge in [-0.05, 0) is 24.6 Å². The third kappa shape index (κ3) is 2.62. The number of nitrogen functional groups attached to an aromatic ring is 1. The van der Waals surface area contributed by atoms with Crippen molar-refractivity contribution in [2.75, 3.05) is 5.73 Å². The van der Waals surface area contributed by atoms with E-state index in [2.05, 4.69) is 10.2 Å². The molecule has 0 atom stereocenters. The highest BCUT2D eigenvalue weighted by atomic mass is 35.5. The normalized spacial score (nSPS) is 10.4. The van der Waals surface area contributed by atoms with Crippen molar-refractivity contribution in [2.24, 2.45) is 0 Å². The minimum atomic E-state index is 0.331.